The van der Waals surface area contributed by atoms with Gasteiger partial charge in [0, 0.05) is 12.6 Å². The SMILES string of the molecule is COc1cccc(-c2noc(CN(C)C(=O)c3c(OC)cccc3OC)n2)c1. The lowest BCUT2D eigenvalue weighted by Gasteiger charge is -2.18. The Labute approximate surface area is 162 Å². The van der Waals surface area contributed by atoms with Crippen LogP contribution in [0.4, 0.5) is 0 Å². The van der Waals surface area contributed by atoms with Crippen LogP contribution in [0.1, 0.15) is 16.2 Å². The number of nitrogens with zero attached hydrogens (tertiary/aromatic N) is 3. The molecule has 0 saturated carbocycles. The number of amides is 1. The molecule has 1 heterocycles. The molecule has 0 fully saturated rings. The maximum Gasteiger partial charge on any atom is 0.261 e. The van der Waals surface area contributed by atoms with E-state index in [-0.39, 0.29) is 12.5 Å². The Morgan fingerprint density at radius 1 is 1.04 bits per heavy atom. The van der Waals surface area contributed by atoms with Crippen LogP contribution < -0.4 is 14.2 Å². The predicted molar refractivity (Wildman–Crippen MR) is 102 cm³/mol. The molecule has 0 aliphatic carbocycles. The molecule has 0 radical (unpaired) electrons. The summed E-state index contributed by atoms with van der Waals surface area (Å²) in [6.07, 6.45) is 0. The van der Waals surface area contributed by atoms with Crippen LogP contribution in [-0.2, 0) is 6.54 Å². The van der Waals surface area contributed by atoms with Crippen molar-refractivity contribution >= 4 is 5.91 Å². The van der Waals surface area contributed by atoms with E-state index in [0.717, 1.165) is 5.56 Å². The van der Waals surface area contributed by atoms with E-state index in [0.29, 0.717) is 34.5 Å². The maximum atomic E-state index is 12.9. The largest absolute Gasteiger partial charge is 0.497 e. The van der Waals surface area contributed by atoms with Crippen LogP contribution in [0.3, 0.4) is 0 Å². The first-order valence-electron chi connectivity index (χ1n) is 8.50. The van der Waals surface area contributed by atoms with Gasteiger partial charge in [0.2, 0.25) is 11.7 Å². The normalized spacial score (nSPS) is 10.4. The molecule has 0 aliphatic rings. The highest BCUT2D eigenvalue weighted by atomic mass is 16.5. The van der Waals surface area contributed by atoms with Gasteiger partial charge < -0.3 is 23.6 Å². The fraction of sp³-hybridized carbons (Fsp3) is 0.250. The predicted octanol–water partition coefficient (Wildman–Crippen LogP) is 3.03. The third-order valence-corrected chi connectivity index (χ3v) is 4.16. The molecule has 28 heavy (non-hydrogen) atoms. The zero-order valence-corrected chi connectivity index (χ0v) is 16.1. The van der Waals surface area contributed by atoms with Crippen LogP contribution in [0.5, 0.6) is 17.2 Å². The Morgan fingerprint density at radius 3 is 2.36 bits per heavy atom. The zero-order chi connectivity index (χ0) is 20.1. The first-order chi connectivity index (χ1) is 13.6. The van der Waals surface area contributed by atoms with Crippen molar-refractivity contribution in [3.63, 3.8) is 0 Å². The number of methoxy groups -OCH3 is 3. The van der Waals surface area contributed by atoms with E-state index in [2.05, 4.69) is 10.1 Å². The summed E-state index contributed by atoms with van der Waals surface area (Å²) in [6, 6.07) is 12.5. The van der Waals surface area contributed by atoms with E-state index < -0.39 is 0 Å². The van der Waals surface area contributed by atoms with Gasteiger partial charge in [-0.05, 0) is 24.3 Å². The van der Waals surface area contributed by atoms with Crippen molar-refractivity contribution in [3.8, 4) is 28.6 Å². The highest BCUT2D eigenvalue weighted by Gasteiger charge is 2.23. The topological polar surface area (TPSA) is 86.9 Å². The van der Waals surface area contributed by atoms with Gasteiger partial charge in [0.25, 0.3) is 5.91 Å². The molecule has 0 N–H and O–H groups in total. The van der Waals surface area contributed by atoms with Crippen molar-refractivity contribution in [2.75, 3.05) is 28.4 Å². The van der Waals surface area contributed by atoms with Gasteiger partial charge in [-0.15, -0.1) is 0 Å². The zero-order valence-electron chi connectivity index (χ0n) is 16.1. The van der Waals surface area contributed by atoms with Gasteiger partial charge in [-0.2, -0.15) is 4.98 Å². The molecule has 2 aromatic carbocycles. The monoisotopic (exact) mass is 383 g/mol. The van der Waals surface area contributed by atoms with Gasteiger partial charge in [0.15, 0.2) is 0 Å². The molecule has 0 spiro atoms. The fourth-order valence-corrected chi connectivity index (χ4v) is 2.73. The number of benzene rings is 2. The quantitative estimate of drug-likeness (QED) is 0.620. The molecule has 1 aromatic heterocycles. The molecule has 0 saturated heterocycles. The second-order valence-corrected chi connectivity index (χ2v) is 5.94. The van der Waals surface area contributed by atoms with Crippen LogP contribution in [0.15, 0.2) is 47.0 Å². The van der Waals surface area contributed by atoms with Crippen LogP contribution in [0.25, 0.3) is 11.4 Å². The summed E-state index contributed by atoms with van der Waals surface area (Å²) in [7, 11) is 6.24. The smallest absolute Gasteiger partial charge is 0.261 e. The molecule has 3 aromatic rings. The van der Waals surface area contributed by atoms with E-state index in [1.54, 1.807) is 32.4 Å². The van der Waals surface area contributed by atoms with E-state index in [1.807, 2.05) is 24.3 Å². The Bertz CT molecular complexity index is 948. The molecule has 8 heteroatoms. The minimum atomic E-state index is -0.282. The van der Waals surface area contributed by atoms with Gasteiger partial charge in [-0.25, -0.2) is 0 Å². The van der Waals surface area contributed by atoms with Crippen molar-refractivity contribution in [1.29, 1.82) is 0 Å². The maximum absolute atomic E-state index is 12.9. The molecule has 146 valence electrons. The standard InChI is InChI=1S/C20H21N3O5/c1-23(20(24)18-15(26-3)9-6-10-16(18)27-4)12-17-21-19(22-28-17)13-7-5-8-14(11-13)25-2/h5-11H,12H2,1-4H3. The number of rotatable bonds is 7. The number of carbonyl (C=O) groups is 1. The van der Waals surface area contributed by atoms with Crippen LogP contribution in [0.2, 0.25) is 0 Å². The van der Waals surface area contributed by atoms with E-state index in [9.17, 15) is 4.79 Å². The summed E-state index contributed by atoms with van der Waals surface area (Å²) in [4.78, 5) is 18.8. The summed E-state index contributed by atoms with van der Waals surface area (Å²) in [6.45, 7) is 0.136. The molecule has 0 bridgehead atoms. The van der Waals surface area contributed by atoms with E-state index in [1.165, 1.54) is 19.1 Å². The second kappa shape index (κ2) is 8.43. The summed E-state index contributed by atoms with van der Waals surface area (Å²) in [5.74, 6) is 2.00. The van der Waals surface area contributed by atoms with E-state index >= 15 is 0 Å². The molecule has 1 amide bonds. The Balaban J connectivity index is 1.80. The van der Waals surface area contributed by atoms with Crippen LogP contribution in [0, 0.1) is 0 Å². The molecule has 8 nitrogen and oxygen atoms in total. The van der Waals surface area contributed by atoms with Gasteiger partial charge >= 0.3 is 0 Å². The average Bonchev–Trinajstić information content (AvgIpc) is 3.21. The number of hydrogen-bond acceptors (Lipinski definition) is 7. The van der Waals surface area contributed by atoms with Crippen molar-refractivity contribution in [1.82, 2.24) is 15.0 Å². The van der Waals surface area contributed by atoms with Crippen molar-refractivity contribution in [2.24, 2.45) is 0 Å². The van der Waals surface area contributed by atoms with Gasteiger partial charge in [0.05, 0.1) is 21.3 Å². The highest BCUT2D eigenvalue weighted by Crippen LogP contribution is 2.29. The summed E-state index contributed by atoms with van der Waals surface area (Å²) in [5, 5.41) is 3.99. The Hall–Kier alpha value is -3.55. The Morgan fingerprint density at radius 2 is 1.71 bits per heavy atom. The lowest BCUT2D eigenvalue weighted by Crippen LogP contribution is -2.27. The van der Waals surface area contributed by atoms with Gasteiger partial charge in [-0.1, -0.05) is 23.4 Å². The van der Waals surface area contributed by atoms with Crippen molar-refractivity contribution < 1.29 is 23.5 Å². The third kappa shape index (κ3) is 3.90. The first kappa shape index (κ1) is 19.2. The Kier molecular flexibility index (Phi) is 5.78. The number of ether oxygens (including phenoxy) is 3. The van der Waals surface area contributed by atoms with Crippen LogP contribution >= 0.6 is 0 Å². The van der Waals surface area contributed by atoms with Crippen LogP contribution in [-0.4, -0.2) is 49.3 Å². The minimum Gasteiger partial charge on any atom is -0.497 e. The first-order valence-corrected chi connectivity index (χ1v) is 8.50. The van der Waals surface area contributed by atoms with Gasteiger partial charge in [0.1, 0.15) is 29.4 Å². The summed E-state index contributed by atoms with van der Waals surface area (Å²) < 4.78 is 21.1. The number of carbonyl (C=O) groups excluding carboxylic acids is 1. The molecular formula is C20H21N3O5. The molecule has 0 unspecified atom stereocenters. The fourth-order valence-electron chi connectivity index (χ4n) is 2.73. The van der Waals surface area contributed by atoms with E-state index in [4.69, 9.17) is 18.7 Å². The minimum absolute atomic E-state index is 0.136. The third-order valence-electron chi connectivity index (χ3n) is 4.16. The summed E-state index contributed by atoms with van der Waals surface area (Å²) >= 11 is 0. The highest BCUT2D eigenvalue weighted by molar-refractivity contribution is 5.99. The number of hydrogen-bond donors (Lipinski definition) is 0. The molecule has 3 rings (SSSR count). The van der Waals surface area contributed by atoms with Crippen molar-refractivity contribution in [3.05, 3.63) is 53.9 Å². The molecular weight excluding hydrogens is 362 g/mol. The molecule has 0 atom stereocenters. The lowest BCUT2D eigenvalue weighted by molar-refractivity contribution is 0.0762. The van der Waals surface area contributed by atoms with Gasteiger partial charge in [-0.3, -0.25) is 4.79 Å². The lowest BCUT2D eigenvalue weighted by atomic mass is 10.1. The molecule has 0 aliphatic heterocycles. The number of aromatic nitrogens is 2. The summed E-state index contributed by atoms with van der Waals surface area (Å²) in [5.41, 5.74) is 1.09. The second-order valence-electron chi connectivity index (χ2n) is 5.94. The average molecular weight is 383 g/mol. The van der Waals surface area contributed by atoms with Crippen molar-refractivity contribution in [2.45, 2.75) is 6.54 Å².